The largest absolute Gasteiger partial charge is 0.383 e. The zero-order chi connectivity index (χ0) is 13.0. The van der Waals surface area contributed by atoms with Crippen LogP contribution < -0.4 is 5.73 Å². The van der Waals surface area contributed by atoms with Gasteiger partial charge in [0.15, 0.2) is 0 Å². The fraction of sp³-hybridized carbons (Fsp3) is 0.923. The molecule has 2 N–H and O–H groups in total. The Morgan fingerprint density at radius 1 is 1.33 bits per heavy atom. The van der Waals surface area contributed by atoms with Crippen LogP contribution >= 0.6 is 0 Å². The molecular formula is C13H25N3O2. The van der Waals surface area contributed by atoms with Crippen LogP contribution in [0.1, 0.15) is 25.7 Å². The molecule has 0 radical (unpaired) electrons. The average molecular weight is 255 g/mol. The molecule has 2 aliphatic rings. The Balaban J connectivity index is 1.81. The molecule has 0 aromatic rings. The number of hydrogen-bond donors (Lipinski definition) is 1. The molecule has 0 spiro atoms. The molecule has 2 fully saturated rings. The van der Waals surface area contributed by atoms with Crippen LogP contribution in [0, 0.1) is 0 Å². The third-order valence-electron chi connectivity index (χ3n) is 4.05. The molecule has 1 amide bonds. The second-order valence-electron chi connectivity index (χ2n) is 5.39. The summed E-state index contributed by atoms with van der Waals surface area (Å²) in [6, 6.07) is 0.0408. The lowest BCUT2D eigenvalue weighted by atomic mass is 10.1. The van der Waals surface area contributed by atoms with Crippen LogP contribution in [0.4, 0.5) is 0 Å². The van der Waals surface area contributed by atoms with E-state index in [-0.39, 0.29) is 5.91 Å². The van der Waals surface area contributed by atoms with Gasteiger partial charge in [-0.15, -0.1) is 0 Å². The standard InChI is InChI=1S/C13H25N3O2/c1-18-10-12(14)13(17)16-8-5-11(9-16)15-6-3-2-4-7-15/h11-12H,2-10,14H2,1H3. The molecule has 2 rings (SSSR count). The van der Waals surface area contributed by atoms with Gasteiger partial charge in [-0.05, 0) is 32.4 Å². The van der Waals surface area contributed by atoms with E-state index in [1.807, 2.05) is 4.90 Å². The summed E-state index contributed by atoms with van der Waals surface area (Å²) >= 11 is 0. The number of methoxy groups -OCH3 is 1. The van der Waals surface area contributed by atoms with Crippen LogP contribution in [0.15, 0.2) is 0 Å². The fourth-order valence-electron chi connectivity index (χ4n) is 3.01. The van der Waals surface area contributed by atoms with Gasteiger partial charge in [0.05, 0.1) is 6.61 Å². The molecule has 2 aliphatic heterocycles. The summed E-state index contributed by atoms with van der Waals surface area (Å²) in [4.78, 5) is 16.5. The van der Waals surface area contributed by atoms with Crippen molar-refractivity contribution < 1.29 is 9.53 Å². The first-order valence-corrected chi connectivity index (χ1v) is 6.99. The summed E-state index contributed by atoms with van der Waals surface area (Å²) in [6.07, 6.45) is 5.04. The minimum atomic E-state index is -0.505. The van der Waals surface area contributed by atoms with Crippen LogP contribution in [-0.4, -0.2) is 67.7 Å². The fourth-order valence-corrected chi connectivity index (χ4v) is 3.01. The lowest BCUT2D eigenvalue weighted by molar-refractivity contribution is -0.132. The molecule has 2 saturated heterocycles. The first-order chi connectivity index (χ1) is 8.72. The number of nitrogens with two attached hydrogens (primary N) is 1. The van der Waals surface area contributed by atoms with E-state index in [0.717, 1.165) is 19.5 Å². The zero-order valence-electron chi connectivity index (χ0n) is 11.3. The Morgan fingerprint density at radius 2 is 2.06 bits per heavy atom. The summed E-state index contributed by atoms with van der Waals surface area (Å²) in [5.74, 6) is 0.0383. The second-order valence-corrected chi connectivity index (χ2v) is 5.39. The highest BCUT2D eigenvalue weighted by atomic mass is 16.5. The van der Waals surface area contributed by atoms with E-state index in [2.05, 4.69) is 4.90 Å². The first kappa shape index (κ1) is 13.8. The Bertz CT molecular complexity index is 279. The topological polar surface area (TPSA) is 58.8 Å². The summed E-state index contributed by atoms with van der Waals surface area (Å²) in [6.45, 7) is 4.38. The number of nitrogens with zero attached hydrogens (tertiary/aromatic N) is 2. The monoisotopic (exact) mass is 255 g/mol. The molecule has 2 heterocycles. The van der Waals surface area contributed by atoms with Gasteiger partial charge < -0.3 is 15.4 Å². The maximum Gasteiger partial charge on any atom is 0.241 e. The number of hydrogen-bond acceptors (Lipinski definition) is 4. The van der Waals surface area contributed by atoms with Gasteiger partial charge in [0.2, 0.25) is 5.91 Å². The third-order valence-corrected chi connectivity index (χ3v) is 4.05. The van der Waals surface area contributed by atoms with Gasteiger partial charge in [-0.3, -0.25) is 9.69 Å². The minimum Gasteiger partial charge on any atom is -0.383 e. The van der Waals surface area contributed by atoms with Gasteiger partial charge in [0.1, 0.15) is 6.04 Å². The summed E-state index contributed by atoms with van der Waals surface area (Å²) in [5, 5.41) is 0. The maximum absolute atomic E-state index is 12.1. The molecule has 0 aliphatic carbocycles. The normalized spacial score (nSPS) is 27.4. The molecule has 2 atom stereocenters. The molecule has 104 valence electrons. The number of amides is 1. The van der Waals surface area contributed by atoms with Crippen LogP contribution in [0.2, 0.25) is 0 Å². The average Bonchev–Trinajstić information content (AvgIpc) is 2.89. The minimum absolute atomic E-state index is 0.0383. The highest BCUT2D eigenvalue weighted by Crippen LogP contribution is 2.20. The third kappa shape index (κ3) is 3.22. The summed E-state index contributed by atoms with van der Waals surface area (Å²) < 4.78 is 4.94. The molecule has 0 aromatic carbocycles. The van der Waals surface area contributed by atoms with Gasteiger partial charge >= 0.3 is 0 Å². The Kier molecular flexibility index (Phi) is 4.97. The number of carbonyl (C=O) groups excluding carboxylic acids is 1. The van der Waals surface area contributed by atoms with Crippen molar-refractivity contribution >= 4 is 5.91 Å². The van der Waals surface area contributed by atoms with Crippen molar-refractivity contribution in [2.75, 3.05) is 39.9 Å². The highest BCUT2D eigenvalue weighted by Gasteiger charge is 2.32. The van der Waals surface area contributed by atoms with Gasteiger partial charge in [-0.1, -0.05) is 6.42 Å². The first-order valence-electron chi connectivity index (χ1n) is 6.99. The van der Waals surface area contributed by atoms with E-state index in [9.17, 15) is 4.79 Å². The van der Waals surface area contributed by atoms with E-state index < -0.39 is 6.04 Å². The van der Waals surface area contributed by atoms with Gasteiger partial charge in [-0.25, -0.2) is 0 Å². The van der Waals surface area contributed by atoms with Crippen molar-refractivity contribution in [3.63, 3.8) is 0 Å². The summed E-state index contributed by atoms with van der Waals surface area (Å²) in [5.41, 5.74) is 5.80. The number of likely N-dealkylation sites (tertiary alicyclic amines) is 2. The van der Waals surface area contributed by atoms with Crippen LogP contribution in [0.25, 0.3) is 0 Å². The number of piperidine rings is 1. The zero-order valence-corrected chi connectivity index (χ0v) is 11.3. The van der Waals surface area contributed by atoms with E-state index in [4.69, 9.17) is 10.5 Å². The van der Waals surface area contributed by atoms with Crippen molar-refractivity contribution in [1.82, 2.24) is 9.80 Å². The molecule has 0 aromatic heterocycles. The van der Waals surface area contributed by atoms with Gasteiger partial charge in [-0.2, -0.15) is 0 Å². The van der Waals surface area contributed by atoms with Crippen LogP contribution in [0.5, 0.6) is 0 Å². The quantitative estimate of drug-likeness (QED) is 0.771. The second kappa shape index (κ2) is 6.50. The molecule has 5 heteroatoms. The van der Waals surface area contributed by atoms with Crippen molar-refractivity contribution in [3.05, 3.63) is 0 Å². The SMILES string of the molecule is COCC(N)C(=O)N1CCC(N2CCCCC2)C1. The van der Waals surface area contributed by atoms with E-state index >= 15 is 0 Å². The predicted molar refractivity (Wildman–Crippen MR) is 70.3 cm³/mol. The molecule has 0 bridgehead atoms. The highest BCUT2D eigenvalue weighted by molar-refractivity contribution is 5.82. The maximum atomic E-state index is 12.1. The Labute approximate surface area is 109 Å². The smallest absolute Gasteiger partial charge is 0.241 e. The van der Waals surface area contributed by atoms with Crippen molar-refractivity contribution in [1.29, 1.82) is 0 Å². The van der Waals surface area contributed by atoms with E-state index in [0.29, 0.717) is 12.6 Å². The van der Waals surface area contributed by atoms with Crippen LogP contribution in [0.3, 0.4) is 0 Å². The van der Waals surface area contributed by atoms with E-state index in [1.165, 1.54) is 32.4 Å². The number of rotatable bonds is 4. The Hall–Kier alpha value is -0.650. The molecular weight excluding hydrogens is 230 g/mol. The van der Waals surface area contributed by atoms with Crippen molar-refractivity contribution in [3.8, 4) is 0 Å². The Morgan fingerprint density at radius 3 is 2.72 bits per heavy atom. The van der Waals surface area contributed by atoms with Gasteiger partial charge in [0.25, 0.3) is 0 Å². The molecule has 18 heavy (non-hydrogen) atoms. The molecule has 5 nitrogen and oxygen atoms in total. The molecule has 2 unspecified atom stereocenters. The lowest BCUT2D eigenvalue weighted by Crippen LogP contribution is -2.47. The summed E-state index contributed by atoms with van der Waals surface area (Å²) in [7, 11) is 1.58. The van der Waals surface area contributed by atoms with Crippen LogP contribution in [-0.2, 0) is 9.53 Å². The number of ether oxygens (including phenoxy) is 1. The van der Waals surface area contributed by atoms with Crippen molar-refractivity contribution in [2.24, 2.45) is 5.73 Å². The van der Waals surface area contributed by atoms with Crippen molar-refractivity contribution in [2.45, 2.75) is 37.8 Å². The predicted octanol–water partition coefficient (Wildman–Crippen LogP) is 0.0469. The van der Waals surface area contributed by atoms with Gasteiger partial charge in [0, 0.05) is 26.2 Å². The number of carbonyl (C=O) groups is 1. The molecule has 0 saturated carbocycles. The lowest BCUT2D eigenvalue weighted by Gasteiger charge is -2.32. The van der Waals surface area contributed by atoms with E-state index in [1.54, 1.807) is 7.11 Å².